The average molecular weight is 287 g/mol. The molecule has 1 aliphatic rings. The SMILES string of the molecule is CCCCCCCCCC1=[N+]([O-])c2ccccc2C(=O)C1. The van der Waals surface area contributed by atoms with Crippen molar-refractivity contribution < 1.29 is 9.53 Å². The molecule has 0 bridgehead atoms. The fraction of sp³-hybridized carbons (Fsp3) is 0.556. The predicted molar refractivity (Wildman–Crippen MR) is 86.3 cm³/mol. The van der Waals surface area contributed by atoms with E-state index in [4.69, 9.17) is 0 Å². The van der Waals surface area contributed by atoms with Gasteiger partial charge >= 0.3 is 0 Å². The summed E-state index contributed by atoms with van der Waals surface area (Å²) >= 11 is 0. The molecule has 1 aromatic carbocycles. The van der Waals surface area contributed by atoms with Crippen LogP contribution in [-0.2, 0) is 0 Å². The van der Waals surface area contributed by atoms with E-state index in [1.807, 2.05) is 12.1 Å². The van der Waals surface area contributed by atoms with Crippen LogP contribution in [0.4, 0.5) is 5.69 Å². The number of Topliss-reactive ketones (excluding diaryl/α,β-unsaturated/α-hetero) is 1. The highest BCUT2D eigenvalue weighted by Gasteiger charge is 2.28. The minimum Gasteiger partial charge on any atom is -0.618 e. The number of fused-ring (bicyclic) bond motifs is 1. The van der Waals surface area contributed by atoms with Crippen LogP contribution in [0.5, 0.6) is 0 Å². The van der Waals surface area contributed by atoms with Gasteiger partial charge in [0.15, 0.2) is 11.5 Å². The van der Waals surface area contributed by atoms with Crippen LogP contribution in [0.1, 0.15) is 75.1 Å². The number of benzene rings is 1. The predicted octanol–water partition coefficient (Wildman–Crippen LogP) is 5.00. The van der Waals surface area contributed by atoms with Crippen LogP contribution in [0.2, 0.25) is 0 Å². The molecule has 1 aliphatic heterocycles. The summed E-state index contributed by atoms with van der Waals surface area (Å²) in [6.45, 7) is 2.22. The number of rotatable bonds is 8. The van der Waals surface area contributed by atoms with Crippen molar-refractivity contribution in [2.45, 2.75) is 64.7 Å². The largest absolute Gasteiger partial charge is 0.618 e. The molecule has 0 fully saturated rings. The second-order valence-electron chi connectivity index (χ2n) is 5.85. The summed E-state index contributed by atoms with van der Waals surface area (Å²) in [6, 6.07) is 7.11. The van der Waals surface area contributed by atoms with Gasteiger partial charge in [0.2, 0.25) is 5.69 Å². The number of ketones is 1. The number of carbonyl (C=O) groups is 1. The molecule has 1 heterocycles. The molecule has 0 saturated heterocycles. The Kier molecular flexibility index (Phi) is 5.97. The molecular weight excluding hydrogens is 262 g/mol. The summed E-state index contributed by atoms with van der Waals surface area (Å²) in [4.78, 5) is 12.1. The summed E-state index contributed by atoms with van der Waals surface area (Å²) < 4.78 is 0.980. The molecule has 0 aromatic heterocycles. The van der Waals surface area contributed by atoms with Gasteiger partial charge in [-0.3, -0.25) is 4.79 Å². The van der Waals surface area contributed by atoms with E-state index >= 15 is 0 Å². The van der Waals surface area contributed by atoms with Crippen LogP contribution >= 0.6 is 0 Å². The third kappa shape index (κ3) is 4.16. The molecule has 0 unspecified atom stereocenters. The van der Waals surface area contributed by atoms with Gasteiger partial charge in [0.1, 0.15) is 0 Å². The zero-order valence-corrected chi connectivity index (χ0v) is 12.9. The number of carbonyl (C=O) groups excluding carboxylic acids is 1. The number of hydrogen-bond acceptors (Lipinski definition) is 2. The van der Waals surface area contributed by atoms with E-state index < -0.39 is 0 Å². The average Bonchev–Trinajstić information content (AvgIpc) is 2.51. The Morgan fingerprint density at radius 2 is 1.71 bits per heavy atom. The Bertz CT molecular complexity index is 520. The summed E-state index contributed by atoms with van der Waals surface area (Å²) in [7, 11) is 0. The third-order valence-electron chi connectivity index (χ3n) is 4.14. The van der Waals surface area contributed by atoms with Crippen LogP contribution in [0.3, 0.4) is 0 Å². The van der Waals surface area contributed by atoms with Gasteiger partial charge in [0.25, 0.3) is 0 Å². The monoisotopic (exact) mass is 287 g/mol. The van der Waals surface area contributed by atoms with Crippen molar-refractivity contribution >= 4 is 17.2 Å². The molecule has 0 saturated carbocycles. The number of para-hydroxylation sites is 1. The number of unbranched alkanes of at least 4 members (excludes halogenated alkanes) is 6. The zero-order valence-electron chi connectivity index (χ0n) is 12.9. The molecule has 3 heteroatoms. The molecule has 2 rings (SSSR count). The van der Waals surface area contributed by atoms with Gasteiger partial charge in [-0.25, -0.2) is 0 Å². The lowest BCUT2D eigenvalue weighted by Gasteiger charge is -2.17. The maximum Gasteiger partial charge on any atom is 0.227 e. The summed E-state index contributed by atoms with van der Waals surface area (Å²) in [5.41, 5.74) is 1.81. The summed E-state index contributed by atoms with van der Waals surface area (Å²) in [5.74, 6) is 0.0793. The molecule has 0 spiro atoms. The second-order valence-corrected chi connectivity index (χ2v) is 5.85. The van der Waals surface area contributed by atoms with E-state index in [1.54, 1.807) is 12.1 Å². The van der Waals surface area contributed by atoms with Gasteiger partial charge in [-0.15, -0.1) is 0 Å². The number of hydrogen-bond donors (Lipinski definition) is 0. The first-order valence-electron chi connectivity index (χ1n) is 8.18. The zero-order chi connectivity index (χ0) is 15.1. The van der Waals surface area contributed by atoms with Crippen LogP contribution in [0.25, 0.3) is 0 Å². The third-order valence-corrected chi connectivity index (χ3v) is 4.14. The van der Waals surface area contributed by atoms with Gasteiger partial charge in [-0.2, -0.15) is 4.74 Å². The topological polar surface area (TPSA) is 43.1 Å². The molecule has 3 nitrogen and oxygen atoms in total. The van der Waals surface area contributed by atoms with Crippen molar-refractivity contribution in [1.82, 2.24) is 0 Å². The molecule has 0 N–H and O–H groups in total. The quantitative estimate of drug-likeness (QED) is 0.384. The fourth-order valence-electron chi connectivity index (χ4n) is 2.89. The van der Waals surface area contributed by atoms with Crippen LogP contribution in [0.15, 0.2) is 24.3 Å². The summed E-state index contributed by atoms with van der Waals surface area (Å²) in [5, 5.41) is 12.3. The van der Waals surface area contributed by atoms with Crippen molar-refractivity contribution in [2.24, 2.45) is 0 Å². The maximum absolute atomic E-state index is 12.3. The maximum atomic E-state index is 12.3. The Hall–Kier alpha value is -1.64. The van der Waals surface area contributed by atoms with E-state index in [0.29, 0.717) is 11.3 Å². The molecular formula is C18H25NO2. The molecule has 21 heavy (non-hydrogen) atoms. The first-order valence-corrected chi connectivity index (χ1v) is 8.18. The van der Waals surface area contributed by atoms with Crippen LogP contribution in [-0.4, -0.2) is 16.2 Å². The Morgan fingerprint density at radius 3 is 2.48 bits per heavy atom. The normalized spacial score (nSPS) is 14.4. The standard InChI is InChI=1S/C18H25NO2/c1-2-3-4-5-6-7-8-11-15-14-18(20)16-12-9-10-13-17(16)19(15)21/h9-10,12-13H,2-8,11,14H2,1H3. The highest BCUT2D eigenvalue weighted by Crippen LogP contribution is 2.26. The van der Waals surface area contributed by atoms with E-state index in [2.05, 4.69) is 6.92 Å². The van der Waals surface area contributed by atoms with Gasteiger partial charge < -0.3 is 5.21 Å². The first kappa shape index (κ1) is 15.7. The first-order chi connectivity index (χ1) is 10.2. The van der Waals surface area contributed by atoms with Gasteiger partial charge in [-0.1, -0.05) is 57.6 Å². The molecule has 0 radical (unpaired) electrons. The van der Waals surface area contributed by atoms with Crippen molar-refractivity contribution in [3.63, 3.8) is 0 Å². The number of nitrogens with zero attached hydrogens (tertiary/aromatic N) is 1. The van der Waals surface area contributed by atoms with E-state index in [0.717, 1.165) is 29.7 Å². The smallest absolute Gasteiger partial charge is 0.227 e. The van der Waals surface area contributed by atoms with Gasteiger partial charge in [0, 0.05) is 12.5 Å². The van der Waals surface area contributed by atoms with Crippen LogP contribution < -0.4 is 0 Å². The van der Waals surface area contributed by atoms with Gasteiger partial charge in [-0.05, 0) is 12.5 Å². The van der Waals surface area contributed by atoms with Crippen molar-refractivity contribution in [1.29, 1.82) is 0 Å². The lowest BCUT2D eigenvalue weighted by molar-refractivity contribution is -0.365. The Morgan fingerprint density at radius 1 is 1.05 bits per heavy atom. The molecule has 0 amide bonds. The van der Waals surface area contributed by atoms with Crippen LogP contribution in [0, 0.1) is 5.21 Å². The summed E-state index contributed by atoms with van der Waals surface area (Å²) in [6.07, 6.45) is 9.61. The van der Waals surface area contributed by atoms with E-state index in [-0.39, 0.29) is 12.2 Å². The molecule has 114 valence electrons. The van der Waals surface area contributed by atoms with E-state index in [1.165, 1.54) is 32.1 Å². The Labute approximate surface area is 127 Å². The lowest BCUT2D eigenvalue weighted by Crippen LogP contribution is -2.23. The van der Waals surface area contributed by atoms with E-state index in [9.17, 15) is 10.0 Å². The van der Waals surface area contributed by atoms with Crippen molar-refractivity contribution in [2.75, 3.05) is 0 Å². The minimum absolute atomic E-state index is 0.0793. The molecule has 0 aliphatic carbocycles. The fourth-order valence-corrected chi connectivity index (χ4v) is 2.89. The van der Waals surface area contributed by atoms with Crippen molar-refractivity contribution in [3.8, 4) is 0 Å². The lowest BCUT2D eigenvalue weighted by atomic mass is 9.96. The second kappa shape index (κ2) is 7.96. The highest BCUT2D eigenvalue weighted by molar-refractivity contribution is 6.12. The van der Waals surface area contributed by atoms with Crippen molar-refractivity contribution in [3.05, 3.63) is 35.0 Å². The molecule has 0 atom stereocenters. The van der Waals surface area contributed by atoms with Gasteiger partial charge in [0.05, 0.1) is 12.0 Å². The Balaban J connectivity index is 1.85. The minimum atomic E-state index is 0.0793. The highest BCUT2D eigenvalue weighted by atomic mass is 16.5. The molecule has 1 aromatic rings.